The molecule has 2 aromatic heterocycles. The highest BCUT2D eigenvalue weighted by atomic mass is 16.5. The Hall–Kier alpha value is -4.34. The number of ether oxygens (including phenoxy) is 1. The average Bonchev–Trinajstić information content (AvgIpc) is 3.31. The number of nitrogens with zero attached hydrogens (tertiary/aromatic N) is 1. The molecule has 1 aromatic carbocycles. The van der Waals surface area contributed by atoms with Gasteiger partial charge in [0, 0.05) is 6.07 Å². The first-order valence-corrected chi connectivity index (χ1v) is 8.35. The molecule has 1 aliphatic heterocycles. The Bertz CT molecular complexity index is 1230. The van der Waals surface area contributed by atoms with Crippen molar-refractivity contribution in [3.05, 3.63) is 69.9 Å². The van der Waals surface area contributed by atoms with Gasteiger partial charge in [-0.3, -0.25) is 29.1 Å². The van der Waals surface area contributed by atoms with E-state index in [1.165, 1.54) is 37.6 Å². The van der Waals surface area contributed by atoms with Gasteiger partial charge in [0.2, 0.25) is 0 Å². The zero-order valence-electron chi connectivity index (χ0n) is 15.0. The summed E-state index contributed by atoms with van der Waals surface area (Å²) in [6.45, 7) is 0. The molecule has 0 bridgehead atoms. The zero-order chi connectivity index (χ0) is 20.7. The molecule has 29 heavy (non-hydrogen) atoms. The van der Waals surface area contributed by atoms with Crippen LogP contribution < -0.4 is 26.7 Å². The second kappa shape index (κ2) is 6.68. The lowest BCUT2D eigenvalue weighted by Crippen LogP contribution is -2.24. The number of methoxy groups -OCH3 is 1. The molecule has 0 fully saturated rings. The van der Waals surface area contributed by atoms with E-state index >= 15 is 0 Å². The molecule has 4 N–H and O–H groups in total. The normalized spacial score (nSPS) is 12.4. The van der Waals surface area contributed by atoms with Crippen molar-refractivity contribution in [1.29, 1.82) is 0 Å². The number of carbonyl (C=O) groups excluding carboxylic acids is 3. The quantitative estimate of drug-likeness (QED) is 0.563. The van der Waals surface area contributed by atoms with Crippen LogP contribution in [0.5, 0.6) is 5.75 Å². The van der Waals surface area contributed by atoms with E-state index in [0.29, 0.717) is 5.75 Å². The van der Waals surface area contributed by atoms with E-state index in [4.69, 9.17) is 14.9 Å². The van der Waals surface area contributed by atoms with Crippen LogP contribution in [0.4, 0.5) is 11.5 Å². The van der Waals surface area contributed by atoms with Crippen molar-refractivity contribution in [3.63, 3.8) is 0 Å². The lowest BCUT2D eigenvalue weighted by Gasteiger charge is -2.15. The molecule has 10 nitrogen and oxygen atoms in total. The number of rotatable bonds is 4. The van der Waals surface area contributed by atoms with Crippen molar-refractivity contribution in [1.82, 2.24) is 9.88 Å². The van der Waals surface area contributed by atoms with Gasteiger partial charge in [-0.05, 0) is 30.3 Å². The summed E-state index contributed by atoms with van der Waals surface area (Å²) in [6.07, 6.45) is 1.36. The van der Waals surface area contributed by atoms with E-state index in [2.05, 4.69) is 10.6 Å². The van der Waals surface area contributed by atoms with E-state index < -0.39 is 23.3 Å². The van der Waals surface area contributed by atoms with Gasteiger partial charge in [-0.2, -0.15) is 0 Å². The number of hydrogen-bond donors (Lipinski definition) is 3. The molecule has 10 heteroatoms. The van der Waals surface area contributed by atoms with Gasteiger partial charge in [0.1, 0.15) is 11.6 Å². The molecule has 0 aliphatic carbocycles. The molecule has 0 saturated carbocycles. The minimum atomic E-state index is -0.684. The number of nitrogens with two attached hydrogens (primary N) is 1. The van der Waals surface area contributed by atoms with E-state index in [0.717, 1.165) is 10.6 Å². The summed E-state index contributed by atoms with van der Waals surface area (Å²) in [5, 5.41) is 4.74. The summed E-state index contributed by atoms with van der Waals surface area (Å²) in [6, 6.07) is 8.61. The lowest BCUT2D eigenvalue weighted by atomic mass is 10.1. The number of carbonyl (C=O) groups is 3. The summed E-state index contributed by atoms with van der Waals surface area (Å²) in [7, 11) is 1.42. The van der Waals surface area contributed by atoms with Crippen molar-refractivity contribution in [2.24, 2.45) is 0 Å². The van der Waals surface area contributed by atoms with E-state index in [9.17, 15) is 19.2 Å². The van der Waals surface area contributed by atoms with Gasteiger partial charge in [-0.1, -0.05) is 0 Å². The third-order valence-corrected chi connectivity index (χ3v) is 4.39. The van der Waals surface area contributed by atoms with Crippen LogP contribution in [0.3, 0.4) is 0 Å². The topological polar surface area (TPSA) is 146 Å². The van der Waals surface area contributed by atoms with Crippen LogP contribution in [0.2, 0.25) is 0 Å². The molecule has 3 aromatic rings. The van der Waals surface area contributed by atoms with Crippen LogP contribution in [0.25, 0.3) is 5.69 Å². The number of imide groups is 1. The molecule has 3 heterocycles. The Labute approximate surface area is 162 Å². The lowest BCUT2D eigenvalue weighted by molar-refractivity contribution is 0.0879. The van der Waals surface area contributed by atoms with E-state index in [-0.39, 0.29) is 34.1 Å². The zero-order valence-corrected chi connectivity index (χ0v) is 15.0. The summed E-state index contributed by atoms with van der Waals surface area (Å²) < 4.78 is 11.4. The number of aromatic nitrogens is 1. The Morgan fingerprint density at radius 3 is 2.66 bits per heavy atom. The second-order valence-electron chi connectivity index (χ2n) is 6.09. The molecular formula is C19H14N4O6. The fourth-order valence-corrected chi connectivity index (χ4v) is 3.07. The monoisotopic (exact) mass is 394 g/mol. The molecule has 0 radical (unpaired) electrons. The molecule has 3 amide bonds. The fourth-order valence-electron chi connectivity index (χ4n) is 3.07. The first-order chi connectivity index (χ1) is 13.9. The predicted molar refractivity (Wildman–Crippen MR) is 101 cm³/mol. The number of pyridine rings is 1. The first-order valence-electron chi connectivity index (χ1n) is 8.35. The SMILES string of the molecule is COc1ccc(-n2c(N)c3c(cc2=O)C(=O)NC3=O)cc1NC(=O)c1ccco1. The molecule has 0 spiro atoms. The third-order valence-electron chi connectivity index (χ3n) is 4.39. The molecule has 4 rings (SSSR count). The Morgan fingerprint density at radius 2 is 1.97 bits per heavy atom. The fraction of sp³-hybridized carbons (Fsp3) is 0.0526. The summed E-state index contributed by atoms with van der Waals surface area (Å²) in [4.78, 5) is 48.7. The molecule has 0 unspecified atom stereocenters. The summed E-state index contributed by atoms with van der Waals surface area (Å²) in [5.41, 5.74) is 5.78. The van der Waals surface area contributed by atoms with Gasteiger partial charge in [0.15, 0.2) is 5.76 Å². The van der Waals surface area contributed by atoms with Gasteiger partial charge >= 0.3 is 0 Å². The average molecular weight is 394 g/mol. The number of benzene rings is 1. The van der Waals surface area contributed by atoms with Crippen molar-refractivity contribution in [2.75, 3.05) is 18.2 Å². The van der Waals surface area contributed by atoms with Gasteiger partial charge < -0.3 is 20.2 Å². The number of nitrogens with one attached hydrogen (secondary N) is 2. The maximum atomic E-state index is 12.6. The van der Waals surface area contributed by atoms with Gasteiger partial charge in [-0.15, -0.1) is 0 Å². The maximum absolute atomic E-state index is 12.6. The van der Waals surface area contributed by atoms with Crippen LogP contribution in [0.1, 0.15) is 31.3 Å². The molecule has 0 saturated heterocycles. The molecule has 1 aliphatic rings. The van der Waals surface area contributed by atoms with Crippen LogP contribution >= 0.6 is 0 Å². The van der Waals surface area contributed by atoms with Crippen LogP contribution in [-0.4, -0.2) is 29.4 Å². The number of amides is 3. The predicted octanol–water partition coefficient (Wildman–Crippen LogP) is 1.16. The van der Waals surface area contributed by atoms with Crippen molar-refractivity contribution in [3.8, 4) is 11.4 Å². The smallest absolute Gasteiger partial charge is 0.291 e. The Morgan fingerprint density at radius 1 is 1.17 bits per heavy atom. The number of fused-ring (bicyclic) bond motifs is 1. The highest BCUT2D eigenvalue weighted by molar-refractivity contribution is 6.23. The second-order valence-corrected chi connectivity index (χ2v) is 6.09. The molecule has 0 atom stereocenters. The van der Waals surface area contributed by atoms with Crippen LogP contribution in [0.15, 0.2) is 51.9 Å². The first kappa shape index (κ1) is 18.0. The number of hydrogen-bond acceptors (Lipinski definition) is 7. The minimum Gasteiger partial charge on any atom is -0.495 e. The molecular weight excluding hydrogens is 380 g/mol. The summed E-state index contributed by atoms with van der Waals surface area (Å²) in [5.74, 6) is -1.66. The number of furan rings is 1. The Kier molecular flexibility index (Phi) is 4.15. The highest BCUT2D eigenvalue weighted by Crippen LogP contribution is 2.29. The third kappa shape index (κ3) is 2.92. The van der Waals surface area contributed by atoms with E-state index in [1.807, 2.05) is 0 Å². The maximum Gasteiger partial charge on any atom is 0.291 e. The van der Waals surface area contributed by atoms with Crippen LogP contribution in [-0.2, 0) is 0 Å². The van der Waals surface area contributed by atoms with Crippen molar-refractivity contribution >= 4 is 29.2 Å². The summed E-state index contributed by atoms with van der Waals surface area (Å²) >= 11 is 0. The molecule has 146 valence electrons. The van der Waals surface area contributed by atoms with E-state index in [1.54, 1.807) is 6.07 Å². The van der Waals surface area contributed by atoms with Gasteiger partial charge in [0.05, 0.1) is 35.9 Å². The largest absolute Gasteiger partial charge is 0.495 e. The van der Waals surface area contributed by atoms with Crippen molar-refractivity contribution in [2.45, 2.75) is 0 Å². The van der Waals surface area contributed by atoms with Gasteiger partial charge in [0.25, 0.3) is 23.3 Å². The number of anilines is 2. The Balaban J connectivity index is 1.82. The van der Waals surface area contributed by atoms with Crippen LogP contribution in [0, 0.1) is 0 Å². The van der Waals surface area contributed by atoms with Gasteiger partial charge in [-0.25, -0.2) is 0 Å². The standard InChI is InChI=1S/C19H14N4O6/c1-28-12-5-4-9(7-11(12)21-18(26)13-3-2-6-29-13)23-14(24)8-10-15(16(23)20)19(27)22-17(10)25/h2-8H,20H2,1H3,(H,21,26)(H,22,25,27). The number of nitrogen functional groups attached to an aromatic ring is 1. The minimum absolute atomic E-state index is 0.0754. The highest BCUT2D eigenvalue weighted by Gasteiger charge is 2.32. The van der Waals surface area contributed by atoms with Crippen molar-refractivity contribution < 1.29 is 23.5 Å².